The second kappa shape index (κ2) is 4.95. The fraction of sp³-hybridized carbons (Fsp3) is 0.200. The maximum absolute atomic E-state index is 8.98. The molecule has 2 aromatic rings. The normalized spacial score (nSPS) is 12.4. The summed E-state index contributed by atoms with van der Waals surface area (Å²) in [6.45, 7) is 2.31. The molecule has 0 heterocycles. The molecule has 1 unspecified atom stereocenters. The molecule has 0 spiro atoms. The van der Waals surface area contributed by atoms with Crippen LogP contribution >= 0.6 is 0 Å². The number of aliphatic hydroxyl groups excluding tert-OH is 1. The molecule has 16 heavy (non-hydrogen) atoms. The maximum atomic E-state index is 8.98. The van der Waals surface area contributed by atoms with Crippen molar-refractivity contribution in [2.75, 3.05) is 0 Å². The van der Waals surface area contributed by atoms with Gasteiger partial charge >= 0.3 is 0 Å². The second-order valence-corrected chi connectivity index (χ2v) is 4.03. The number of aliphatic hydroxyl groups is 1. The highest BCUT2D eigenvalue weighted by Crippen LogP contribution is 2.23. The maximum Gasteiger partial charge on any atom is 0.0681 e. The van der Waals surface area contributed by atoms with E-state index < -0.39 is 0 Å². The van der Waals surface area contributed by atoms with Gasteiger partial charge in [0.25, 0.3) is 0 Å². The molecule has 0 aliphatic carbocycles. The third-order valence-corrected chi connectivity index (χ3v) is 2.96. The molecule has 0 aliphatic heterocycles. The lowest BCUT2D eigenvalue weighted by Crippen LogP contribution is -1.96. The van der Waals surface area contributed by atoms with Gasteiger partial charge in [-0.25, -0.2) is 0 Å². The van der Waals surface area contributed by atoms with Crippen LogP contribution in [0, 0.1) is 0 Å². The lowest BCUT2D eigenvalue weighted by atomic mass is 9.93. The van der Waals surface area contributed by atoms with Gasteiger partial charge in [0.2, 0.25) is 0 Å². The van der Waals surface area contributed by atoms with E-state index in [2.05, 4.69) is 43.3 Å². The molecule has 2 rings (SSSR count). The lowest BCUT2D eigenvalue weighted by Gasteiger charge is -2.12. The molecule has 0 aromatic heterocycles. The summed E-state index contributed by atoms with van der Waals surface area (Å²) in [5, 5.41) is 8.98. The Hall–Kier alpha value is -1.60. The van der Waals surface area contributed by atoms with E-state index in [-0.39, 0.29) is 6.61 Å². The van der Waals surface area contributed by atoms with Gasteiger partial charge in [0.1, 0.15) is 0 Å². The van der Waals surface area contributed by atoms with Crippen molar-refractivity contribution in [3.05, 3.63) is 71.3 Å². The van der Waals surface area contributed by atoms with Crippen molar-refractivity contribution in [2.24, 2.45) is 0 Å². The molecule has 0 fully saturated rings. The van der Waals surface area contributed by atoms with E-state index in [9.17, 15) is 0 Å². The molecule has 1 atom stereocenters. The summed E-state index contributed by atoms with van der Waals surface area (Å²) < 4.78 is 0. The van der Waals surface area contributed by atoms with E-state index in [4.69, 9.17) is 5.11 Å². The van der Waals surface area contributed by atoms with Crippen LogP contribution in [0.25, 0.3) is 0 Å². The fourth-order valence-electron chi connectivity index (χ4n) is 1.85. The number of benzene rings is 2. The molecular formula is C15H16O. The SMILES string of the molecule is CC(c1ccccc1)c1ccc(CO)cc1. The summed E-state index contributed by atoms with van der Waals surface area (Å²) in [5.41, 5.74) is 3.56. The standard InChI is InChI=1S/C15H16O/c1-12(14-5-3-2-4-6-14)15-9-7-13(11-16)8-10-15/h2-10,12,16H,11H2,1H3. The molecule has 0 saturated carbocycles. The van der Waals surface area contributed by atoms with Crippen LogP contribution < -0.4 is 0 Å². The third kappa shape index (κ3) is 2.31. The molecule has 1 heteroatoms. The van der Waals surface area contributed by atoms with Gasteiger partial charge in [0.15, 0.2) is 0 Å². The highest BCUT2D eigenvalue weighted by Gasteiger charge is 2.07. The zero-order valence-electron chi connectivity index (χ0n) is 9.43. The zero-order valence-corrected chi connectivity index (χ0v) is 9.43. The Balaban J connectivity index is 2.24. The van der Waals surface area contributed by atoms with Crippen molar-refractivity contribution in [3.8, 4) is 0 Å². The Morgan fingerprint density at radius 1 is 0.875 bits per heavy atom. The molecule has 1 N–H and O–H groups in total. The molecule has 0 aliphatic rings. The Labute approximate surface area is 96.4 Å². The van der Waals surface area contributed by atoms with Crippen molar-refractivity contribution in [3.63, 3.8) is 0 Å². The molecule has 0 saturated heterocycles. The van der Waals surface area contributed by atoms with E-state index in [1.54, 1.807) is 0 Å². The summed E-state index contributed by atoms with van der Waals surface area (Å²) in [5.74, 6) is 0.397. The summed E-state index contributed by atoms with van der Waals surface area (Å²) >= 11 is 0. The van der Waals surface area contributed by atoms with Gasteiger partial charge in [-0.05, 0) is 16.7 Å². The average Bonchev–Trinajstić information content (AvgIpc) is 2.39. The summed E-state index contributed by atoms with van der Waals surface area (Å²) in [6, 6.07) is 18.6. The smallest absolute Gasteiger partial charge is 0.0681 e. The van der Waals surface area contributed by atoms with Gasteiger partial charge in [-0.2, -0.15) is 0 Å². The van der Waals surface area contributed by atoms with Gasteiger partial charge < -0.3 is 5.11 Å². The Morgan fingerprint density at radius 2 is 1.44 bits per heavy atom. The van der Waals surface area contributed by atoms with E-state index in [0.717, 1.165) is 5.56 Å². The van der Waals surface area contributed by atoms with Gasteiger partial charge in [-0.1, -0.05) is 61.5 Å². The highest BCUT2D eigenvalue weighted by atomic mass is 16.3. The average molecular weight is 212 g/mol. The molecule has 82 valence electrons. The lowest BCUT2D eigenvalue weighted by molar-refractivity contribution is 0.282. The molecule has 0 amide bonds. The van der Waals surface area contributed by atoms with Crippen molar-refractivity contribution in [1.82, 2.24) is 0 Å². The minimum absolute atomic E-state index is 0.111. The minimum atomic E-state index is 0.111. The first-order valence-corrected chi connectivity index (χ1v) is 5.56. The van der Waals surface area contributed by atoms with Crippen molar-refractivity contribution in [2.45, 2.75) is 19.4 Å². The van der Waals surface area contributed by atoms with Crippen molar-refractivity contribution >= 4 is 0 Å². The number of hydrogen-bond acceptors (Lipinski definition) is 1. The highest BCUT2D eigenvalue weighted by molar-refractivity contribution is 5.33. The first-order chi connectivity index (χ1) is 7.81. The van der Waals surface area contributed by atoms with Crippen molar-refractivity contribution < 1.29 is 5.11 Å². The molecular weight excluding hydrogens is 196 g/mol. The van der Waals surface area contributed by atoms with Gasteiger partial charge in [-0.15, -0.1) is 0 Å². The third-order valence-electron chi connectivity index (χ3n) is 2.96. The number of hydrogen-bond donors (Lipinski definition) is 1. The summed E-state index contributed by atoms with van der Waals surface area (Å²) in [6.07, 6.45) is 0. The Morgan fingerprint density at radius 3 is 2.00 bits per heavy atom. The van der Waals surface area contributed by atoms with Crippen LogP contribution in [0.2, 0.25) is 0 Å². The summed E-state index contributed by atoms with van der Waals surface area (Å²) in [7, 11) is 0. The predicted octanol–water partition coefficient (Wildman–Crippen LogP) is 3.33. The number of rotatable bonds is 3. The van der Waals surface area contributed by atoms with Gasteiger partial charge in [-0.3, -0.25) is 0 Å². The van der Waals surface area contributed by atoms with E-state index in [0.29, 0.717) is 5.92 Å². The van der Waals surface area contributed by atoms with Crippen LogP contribution in [-0.4, -0.2) is 5.11 Å². The van der Waals surface area contributed by atoms with Crippen LogP contribution in [0.1, 0.15) is 29.5 Å². The van der Waals surface area contributed by atoms with E-state index in [1.165, 1.54) is 11.1 Å². The van der Waals surface area contributed by atoms with Crippen LogP contribution in [0.5, 0.6) is 0 Å². The van der Waals surface area contributed by atoms with Crippen LogP contribution in [0.4, 0.5) is 0 Å². The van der Waals surface area contributed by atoms with Crippen LogP contribution in [-0.2, 0) is 6.61 Å². The Bertz CT molecular complexity index is 431. The van der Waals surface area contributed by atoms with E-state index in [1.807, 2.05) is 18.2 Å². The van der Waals surface area contributed by atoms with Gasteiger partial charge in [0.05, 0.1) is 6.61 Å². The largest absolute Gasteiger partial charge is 0.392 e. The molecule has 2 aromatic carbocycles. The van der Waals surface area contributed by atoms with Gasteiger partial charge in [0, 0.05) is 5.92 Å². The first-order valence-electron chi connectivity index (χ1n) is 5.56. The molecule has 1 nitrogen and oxygen atoms in total. The minimum Gasteiger partial charge on any atom is -0.392 e. The topological polar surface area (TPSA) is 20.2 Å². The first kappa shape index (κ1) is 10.9. The molecule has 0 bridgehead atoms. The zero-order chi connectivity index (χ0) is 11.4. The van der Waals surface area contributed by atoms with Crippen LogP contribution in [0.15, 0.2) is 54.6 Å². The van der Waals surface area contributed by atoms with E-state index >= 15 is 0 Å². The predicted molar refractivity (Wildman–Crippen MR) is 66.3 cm³/mol. The second-order valence-electron chi connectivity index (χ2n) is 4.03. The Kier molecular flexibility index (Phi) is 3.37. The quantitative estimate of drug-likeness (QED) is 0.827. The molecule has 0 radical (unpaired) electrons. The monoisotopic (exact) mass is 212 g/mol. The van der Waals surface area contributed by atoms with Crippen molar-refractivity contribution in [1.29, 1.82) is 0 Å². The fourth-order valence-corrected chi connectivity index (χ4v) is 1.85. The summed E-state index contributed by atoms with van der Waals surface area (Å²) in [4.78, 5) is 0. The van der Waals surface area contributed by atoms with Crippen LogP contribution in [0.3, 0.4) is 0 Å².